The van der Waals surface area contributed by atoms with Gasteiger partial charge < -0.3 is 5.32 Å². The number of aromatic nitrogens is 1. The number of amides is 1. The molecule has 0 unspecified atom stereocenters. The van der Waals surface area contributed by atoms with Crippen LogP contribution in [0, 0.1) is 26.7 Å². The molecule has 0 radical (unpaired) electrons. The number of rotatable bonds is 4. The highest BCUT2D eigenvalue weighted by Crippen LogP contribution is 2.28. The zero-order valence-electron chi connectivity index (χ0n) is 18.1. The van der Waals surface area contributed by atoms with Gasteiger partial charge in [0.05, 0.1) is 16.3 Å². The Kier molecular flexibility index (Phi) is 5.81. The summed E-state index contributed by atoms with van der Waals surface area (Å²) in [6, 6.07) is 14.9. The second kappa shape index (κ2) is 8.40. The van der Waals surface area contributed by atoms with Gasteiger partial charge in [0.1, 0.15) is 0 Å². The molecule has 2 aromatic carbocycles. The number of carbonyl (C=O) groups excluding carboxylic acids is 1. The monoisotopic (exact) mass is 437 g/mol. The van der Waals surface area contributed by atoms with Gasteiger partial charge in [0.15, 0.2) is 0 Å². The highest BCUT2D eigenvalue weighted by molar-refractivity contribution is 7.89. The average Bonchev–Trinajstić information content (AvgIpc) is 2.75. The van der Waals surface area contributed by atoms with Crippen molar-refractivity contribution < 1.29 is 13.2 Å². The molecule has 1 amide bonds. The maximum atomic E-state index is 13.1. The molecule has 4 rings (SSSR count). The number of piperidine rings is 1. The van der Waals surface area contributed by atoms with Crippen molar-refractivity contribution >= 4 is 32.4 Å². The van der Waals surface area contributed by atoms with Crippen molar-refractivity contribution in [3.05, 3.63) is 65.5 Å². The zero-order chi connectivity index (χ0) is 22.2. The van der Waals surface area contributed by atoms with E-state index in [1.165, 1.54) is 4.31 Å². The number of fused-ring (bicyclic) bond motifs is 1. The van der Waals surface area contributed by atoms with E-state index in [2.05, 4.69) is 10.3 Å². The van der Waals surface area contributed by atoms with Gasteiger partial charge in [0, 0.05) is 24.7 Å². The van der Waals surface area contributed by atoms with Crippen molar-refractivity contribution in [1.82, 2.24) is 9.29 Å². The van der Waals surface area contributed by atoms with Gasteiger partial charge in [-0.15, -0.1) is 0 Å². The van der Waals surface area contributed by atoms with E-state index in [1.54, 1.807) is 12.1 Å². The molecule has 162 valence electrons. The first-order valence-corrected chi connectivity index (χ1v) is 11.9. The lowest BCUT2D eigenvalue weighted by Gasteiger charge is -2.30. The molecule has 31 heavy (non-hydrogen) atoms. The maximum Gasteiger partial charge on any atom is 0.243 e. The minimum Gasteiger partial charge on any atom is -0.324 e. The number of benzene rings is 2. The van der Waals surface area contributed by atoms with Crippen LogP contribution in [-0.4, -0.2) is 36.7 Å². The van der Waals surface area contributed by atoms with E-state index >= 15 is 0 Å². The summed E-state index contributed by atoms with van der Waals surface area (Å²) >= 11 is 0. The summed E-state index contributed by atoms with van der Waals surface area (Å²) in [6.45, 7) is 6.43. The predicted molar refractivity (Wildman–Crippen MR) is 123 cm³/mol. The third kappa shape index (κ3) is 4.34. The van der Waals surface area contributed by atoms with Crippen LogP contribution in [0.1, 0.15) is 29.8 Å². The summed E-state index contributed by atoms with van der Waals surface area (Å²) in [4.78, 5) is 17.5. The van der Waals surface area contributed by atoms with Crippen molar-refractivity contribution in [1.29, 1.82) is 0 Å². The van der Waals surface area contributed by atoms with Gasteiger partial charge >= 0.3 is 0 Å². The molecular formula is C24H27N3O3S. The molecule has 1 N–H and O–H groups in total. The Hall–Kier alpha value is -2.77. The van der Waals surface area contributed by atoms with Crippen molar-refractivity contribution in [3.8, 4) is 0 Å². The fraction of sp³-hybridized carbons (Fsp3) is 0.333. The lowest BCUT2D eigenvalue weighted by atomic mass is 9.97. The molecule has 0 saturated carbocycles. The Bertz CT molecular complexity index is 1220. The molecule has 7 heteroatoms. The smallest absolute Gasteiger partial charge is 0.243 e. The molecule has 1 aliphatic rings. The number of nitrogens with one attached hydrogen (secondary N) is 1. The number of hydrogen-bond acceptors (Lipinski definition) is 4. The molecule has 6 nitrogen and oxygen atoms in total. The average molecular weight is 438 g/mol. The number of sulfonamides is 1. The van der Waals surface area contributed by atoms with Crippen molar-refractivity contribution in [2.75, 3.05) is 18.4 Å². The summed E-state index contributed by atoms with van der Waals surface area (Å²) in [6.07, 6.45) is 0.992. The summed E-state index contributed by atoms with van der Waals surface area (Å²) in [5.74, 6) is -0.289. The van der Waals surface area contributed by atoms with Crippen LogP contribution in [0.4, 0.5) is 5.69 Å². The first-order chi connectivity index (χ1) is 14.8. The predicted octanol–water partition coefficient (Wildman–Crippen LogP) is 4.20. The first kappa shape index (κ1) is 21.5. The second-order valence-electron chi connectivity index (χ2n) is 8.22. The van der Waals surface area contributed by atoms with E-state index < -0.39 is 10.0 Å². The van der Waals surface area contributed by atoms with Crippen LogP contribution in [0.5, 0.6) is 0 Å². The van der Waals surface area contributed by atoms with E-state index in [0.717, 1.165) is 33.4 Å². The standard InChI is InChI=1S/C24H27N3O3S/c1-16-14-17(2)25-18(3)23(16)26-24(28)20-10-12-27(13-11-20)31(29,30)22-9-8-19-6-4-5-7-21(19)15-22/h4-9,14-15,20H,10-13H2,1-3H3,(H,26,28). The number of hydrogen-bond donors (Lipinski definition) is 1. The van der Waals surface area contributed by atoms with Crippen molar-refractivity contribution in [2.45, 2.75) is 38.5 Å². The van der Waals surface area contributed by atoms with Gasteiger partial charge in [-0.25, -0.2) is 8.42 Å². The second-order valence-corrected chi connectivity index (χ2v) is 10.2. The number of anilines is 1. The van der Waals surface area contributed by atoms with Gasteiger partial charge in [-0.1, -0.05) is 30.3 Å². The van der Waals surface area contributed by atoms with Crippen molar-refractivity contribution in [3.63, 3.8) is 0 Å². The number of carbonyl (C=O) groups is 1. The largest absolute Gasteiger partial charge is 0.324 e. The van der Waals surface area contributed by atoms with Crippen LogP contribution in [-0.2, 0) is 14.8 Å². The van der Waals surface area contributed by atoms with Crippen molar-refractivity contribution in [2.24, 2.45) is 5.92 Å². The van der Waals surface area contributed by atoms with Crippen LogP contribution in [0.25, 0.3) is 10.8 Å². The minimum absolute atomic E-state index is 0.0698. The third-order valence-electron chi connectivity index (χ3n) is 5.96. The van der Waals surface area contributed by atoms with E-state index in [9.17, 15) is 13.2 Å². The zero-order valence-corrected chi connectivity index (χ0v) is 18.9. The van der Waals surface area contributed by atoms with Gasteiger partial charge in [-0.2, -0.15) is 4.31 Å². The van der Waals surface area contributed by atoms with E-state index in [4.69, 9.17) is 0 Å². The van der Waals surface area contributed by atoms with Crippen LogP contribution >= 0.6 is 0 Å². The highest BCUT2D eigenvalue weighted by Gasteiger charge is 2.32. The Morgan fingerprint density at radius 2 is 1.68 bits per heavy atom. The number of pyridine rings is 1. The topological polar surface area (TPSA) is 79.4 Å². The third-order valence-corrected chi connectivity index (χ3v) is 7.85. The van der Waals surface area contributed by atoms with Gasteiger partial charge in [0.25, 0.3) is 0 Å². The molecule has 1 fully saturated rings. The molecule has 3 aromatic rings. The molecular weight excluding hydrogens is 410 g/mol. The van der Waals surface area contributed by atoms with E-state index in [0.29, 0.717) is 30.8 Å². The Morgan fingerprint density at radius 1 is 1.00 bits per heavy atom. The van der Waals surface area contributed by atoms with Crippen LogP contribution in [0.15, 0.2) is 53.4 Å². The van der Waals surface area contributed by atoms with Gasteiger partial charge in [0.2, 0.25) is 15.9 Å². The molecule has 0 spiro atoms. The van der Waals surface area contributed by atoms with Gasteiger partial charge in [-0.3, -0.25) is 9.78 Å². The minimum atomic E-state index is -3.59. The molecule has 1 aromatic heterocycles. The number of aryl methyl sites for hydroxylation is 3. The first-order valence-electron chi connectivity index (χ1n) is 10.5. The molecule has 2 heterocycles. The quantitative estimate of drug-likeness (QED) is 0.663. The van der Waals surface area contributed by atoms with Gasteiger partial charge in [-0.05, 0) is 68.1 Å². The fourth-order valence-corrected chi connectivity index (χ4v) is 5.78. The molecule has 0 atom stereocenters. The van der Waals surface area contributed by atoms with Crippen LogP contribution in [0.3, 0.4) is 0 Å². The summed E-state index contributed by atoms with van der Waals surface area (Å²) in [7, 11) is -3.59. The lowest BCUT2D eigenvalue weighted by Crippen LogP contribution is -2.41. The lowest BCUT2D eigenvalue weighted by molar-refractivity contribution is -0.120. The number of nitrogens with zero attached hydrogens (tertiary/aromatic N) is 2. The van der Waals surface area contributed by atoms with Crippen LogP contribution < -0.4 is 5.32 Å². The maximum absolute atomic E-state index is 13.1. The molecule has 1 saturated heterocycles. The molecule has 0 aliphatic carbocycles. The molecule has 1 aliphatic heterocycles. The Balaban J connectivity index is 1.44. The van der Waals surface area contributed by atoms with Crippen LogP contribution in [0.2, 0.25) is 0 Å². The van der Waals surface area contributed by atoms with E-state index in [-0.39, 0.29) is 11.8 Å². The van der Waals surface area contributed by atoms with E-state index in [1.807, 2.05) is 57.2 Å². The fourth-order valence-electron chi connectivity index (χ4n) is 4.27. The summed E-state index contributed by atoms with van der Waals surface area (Å²) in [5.41, 5.74) is 3.44. The summed E-state index contributed by atoms with van der Waals surface area (Å²) in [5, 5.41) is 4.92. The normalized spacial score (nSPS) is 15.8. The Labute approximate surface area is 183 Å². The molecule has 0 bridgehead atoms. The highest BCUT2D eigenvalue weighted by atomic mass is 32.2. The SMILES string of the molecule is Cc1cc(C)c(NC(=O)C2CCN(S(=O)(=O)c3ccc4ccccc4c3)CC2)c(C)n1. The Morgan fingerprint density at radius 3 is 2.35 bits per heavy atom. The summed E-state index contributed by atoms with van der Waals surface area (Å²) < 4.78 is 27.8.